The Balaban J connectivity index is 3.22. The van der Waals surface area contributed by atoms with Gasteiger partial charge >= 0.3 is 0 Å². The molecule has 0 aromatic rings. The van der Waals surface area contributed by atoms with E-state index in [0.29, 0.717) is 11.2 Å². The standard InChI is InChI=1S/C7H16N2S2/c1-3-11-5-4-6(2)9-7(8)10/h6H,3-5H2,1-2H3,(H3,8,9,10). The van der Waals surface area contributed by atoms with Gasteiger partial charge in [-0.1, -0.05) is 6.92 Å². The highest BCUT2D eigenvalue weighted by Gasteiger charge is 1.99. The van der Waals surface area contributed by atoms with Crippen LogP contribution in [0.15, 0.2) is 0 Å². The third-order valence-corrected chi connectivity index (χ3v) is 2.34. The lowest BCUT2D eigenvalue weighted by Gasteiger charge is -2.12. The first-order chi connectivity index (χ1) is 5.16. The Kier molecular flexibility index (Phi) is 6.76. The van der Waals surface area contributed by atoms with Crippen LogP contribution in [-0.4, -0.2) is 22.7 Å². The number of hydrogen-bond donors (Lipinski definition) is 2. The average molecular weight is 192 g/mol. The summed E-state index contributed by atoms with van der Waals surface area (Å²) in [5, 5.41) is 3.40. The van der Waals surface area contributed by atoms with E-state index in [9.17, 15) is 0 Å². The fraction of sp³-hybridized carbons (Fsp3) is 0.857. The summed E-state index contributed by atoms with van der Waals surface area (Å²) in [6.45, 7) is 4.26. The van der Waals surface area contributed by atoms with Gasteiger partial charge in [0, 0.05) is 6.04 Å². The van der Waals surface area contributed by atoms with Gasteiger partial charge in [-0.05, 0) is 37.1 Å². The van der Waals surface area contributed by atoms with Crippen LogP contribution in [0.2, 0.25) is 0 Å². The molecule has 0 bridgehead atoms. The van der Waals surface area contributed by atoms with Crippen LogP contribution in [0.25, 0.3) is 0 Å². The second-order valence-corrected chi connectivity index (χ2v) is 4.23. The molecule has 0 aromatic carbocycles. The molecule has 3 N–H and O–H groups in total. The maximum absolute atomic E-state index is 5.31. The lowest BCUT2D eigenvalue weighted by molar-refractivity contribution is 0.649. The zero-order valence-corrected chi connectivity index (χ0v) is 8.73. The molecule has 0 aliphatic rings. The molecule has 0 aliphatic heterocycles. The Morgan fingerprint density at radius 2 is 2.36 bits per heavy atom. The lowest BCUT2D eigenvalue weighted by atomic mass is 10.3. The molecule has 0 fully saturated rings. The van der Waals surface area contributed by atoms with Crippen molar-refractivity contribution >= 4 is 29.1 Å². The fourth-order valence-corrected chi connectivity index (χ4v) is 1.73. The zero-order valence-electron chi connectivity index (χ0n) is 7.09. The van der Waals surface area contributed by atoms with Crippen molar-refractivity contribution in [1.29, 1.82) is 0 Å². The Morgan fingerprint density at radius 3 is 2.82 bits per heavy atom. The van der Waals surface area contributed by atoms with Crippen molar-refractivity contribution in [3.63, 3.8) is 0 Å². The number of hydrogen-bond acceptors (Lipinski definition) is 2. The van der Waals surface area contributed by atoms with Crippen LogP contribution in [0, 0.1) is 0 Å². The highest BCUT2D eigenvalue weighted by atomic mass is 32.2. The molecule has 0 heterocycles. The molecule has 11 heavy (non-hydrogen) atoms. The molecule has 0 saturated heterocycles. The molecule has 1 unspecified atom stereocenters. The van der Waals surface area contributed by atoms with E-state index >= 15 is 0 Å². The van der Waals surface area contributed by atoms with Gasteiger partial charge in [0.15, 0.2) is 5.11 Å². The highest BCUT2D eigenvalue weighted by Crippen LogP contribution is 2.03. The number of thioether (sulfide) groups is 1. The summed E-state index contributed by atoms with van der Waals surface area (Å²) in [7, 11) is 0. The molecule has 2 nitrogen and oxygen atoms in total. The predicted octanol–water partition coefficient (Wildman–Crippen LogP) is 1.35. The number of rotatable bonds is 5. The molecule has 66 valence electrons. The van der Waals surface area contributed by atoms with Crippen molar-refractivity contribution in [3.05, 3.63) is 0 Å². The van der Waals surface area contributed by atoms with Crippen molar-refractivity contribution in [1.82, 2.24) is 5.32 Å². The Bertz CT molecular complexity index is 117. The minimum Gasteiger partial charge on any atom is -0.376 e. The summed E-state index contributed by atoms with van der Waals surface area (Å²) in [5.41, 5.74) is 5.31. The molecule has 0 amide bonds. The van der Waals surface area contributed by atoms with Gasteiger partial charge in [0.1, 0.15) is 0 Å². The Morgan fingerprint density at radius 1 is 1.73 bits per heavy atom. The van der Waals surface area contributed by atoms with Crippen LogP contribution in [-0.2, 0) is 0 Å². The lowest BCUT2D eigenvalue weighted by Crippen LogP contribution is -2.36. The van der Waals surface area contributed by atoms with Gasteiger partial charge in [0.25, 0.3) is 0 Å². The van der Waals surface area contributed by atoms with Gasteiger partial charge in [-0.15, -0.1) is 0 Å². The van der Waals surface area contributed by atoms with E-state index in [4.69, 9.17) is 18.0 Å². The van der Waals surface area contributed by atoms with Crippen LogP contribution in [0.3, 0.4) is 0 Å². The maximum Gasteiger partial charge on any atom is 0.163 e. The molecular weight excluding hydrogens is 176 g/mol. The summed E-state index contributed by atoms with van der Waals surface area (Å²) in [5.74, 6) is 2.35. The first kappa shape index (κ1) is 11.0. The minimum atomic E-state index is 0.402. The monoisotopic (exact) mass is 192 g/mol. The molecule has 0 radical (unpaired) electrons. The number of nitrogens with one attached hydrogen (secondary N) is 1. The van der Waals surface area contributed by atoms with Crippen molar-refractivity contribution in [3.8, 4) is 0 Å². The van der Waals surface area contributed by atoms with Crippen LogP contribution >= 0.6 is 24.0 Å². The summed E-state index contributed by atoms with van der Waals surface area (Å²) in [4.78, 5) is 0. The van der Waals surface area contributed by atoms with Crippen LogP contribution in [0.1, 0.15) is 20.3 Å². The van der Waals surface area contributed by atoms with Gasteiger partial charge in [-0.25, -0.2) is 0 Å². The highest BCUT2D eigenvalue weighted by molar-refractivity contribution is 7.99. The van der Waals surface area contributed by atoms with Gasteiger partial charge in [-0.2, -0.15) is 11.8 Å². The van der Waals surface area contributed by atoms with Gasteiger partial charge in [-0.3, -0.25) is 0 Å². The molecule has 4 heteroatoms. The summed E-state index contributed by atoms with van der Waals surface area (Å²) in [6, 6.07) is 0.409. The molecule has 0 rings (SSSR count). The second-order valence-electron chi connectivity index (χ2n) is 2.40. The van der Waals surface area contributed by atoms with Crippen LogP contribution in [0.4, 0.5) is 0 Å². The normalized spacial score (nSPS) is 12.5. The van der Waals surface area contributed by atoms with Gasteiger partial charge < -0.3 is 11.1 Å². The van der Waals surface area contributed by atoms with E-state index < -0.39 is 0 Å². The SMILES string of the molecule is CCSCCC(C)NC(N)=S. The second kappa shape index (κ2) is 6.73. The molecule has 0 aromatic heterocycles. The Labute approximate surface area is 78.3 Å². The van der Waals surface area contributed by atoms with Crippen molar-refractivity contribution in [2.24, 2.45) is 5.73 Å². The van der Waals surface area contributed by atoms with E-state index in [1.54, 1.807) is 0 Å². The summed E-state index contributed by atoms with van der Waals surface area (Å²) < 4.78 is 0. The van der Waals surface area contributed by atoms with E-state index in [1.165, 1.54) is 11.5 Å². The average Bonchev–Trinajstić information content (AvgIpc) is 1.86. The Hall–Kier alpha value is 0.0400. The number of nitrogens with two attached hydrogens (primary N) is 1. The molecule has 0 spiro atoms. The fourth-order valence-electron chi connectivity index (χ4n) is 0.719. The summed E-state index contributed by atoms with van der Waals surface area (Å²) in [6.07, 6.45) is 1.12. The van der Waals surface area contributed by atoms with Crippen molar-refractivity contribution in [2.75, 3.05) is 11.5 Å². The predicted molar refractivity (Wildman–Crippen MR) is 57.0 cm³/mol. The smallest absolute Gasteiger partial charge is 0.163 e. The first-order valence-corrected chi connectivity index (χ1v) is 5.36. The molecule has 0 saturated carbocycles. The molecule has 1 atom stereocenters. The minimum absolute atomic E-state index is 0.402. The quantitative estimate of drug-likeness (QED) is 0.509. The first-order valence-electron chi connectivity index (χ1n) is 3.80. The van der Waals surface area contributed by atoms with Crippen molar-refractivity contribution in [2.45, 2.75) is 26.3 Å². The van der Waals surface area contributed by atoms with Crippen molar-refractivity contribution < 1.29 is 0 Å². The van der Waals surface area contributed by atoms with Gasteiger partial charge in [0.05, 0.1) is 0 Å². The topological polar surface area (TPSA) is 38.0 Å². The van der Waals surface area contributed by atoms with Crippen LogP contribution < -0.4 is 11.1 Å². The zero-order chi connectivity index (χ0) is 8.69. The molecule has 0 aliphatic carbocycles. The van der Waals surface area contributed by atoms with E-state index in [0.717, 1.165) is 6.42 Å². The molecular formula is C7H16N2S2. The number of thiocarbonyl (C=S) groups is 1. The largest absolute Gasteiger partial charge is 0.376 e. The van der Waals surface area contributed by atoms with Crippen LogP contribution in [0.5, 0.6) is 0 Å². The van der Waals surface area contributed by atoms with E-state index in [-0.39, 0.29) is 0 Å². The van der Waals surface area contributed by atoms with E-state index in [2.05, 4.69) is 19.2 Å². The third kappa shape index (κ3) is 7.94. The summed E-state index contributed by atoms with van der Waals surface area (Å²) >= 11 is 6.65. The third-order valence-electron chi connectivity index (χ3n) is 1.29. The maximum atomic E-state index is 5.31. The van der Waals surface area contributed by atoms with E-state index in [1.807, 2.05) is 11.8 Å². The van der Waals surface area contributed by atoms with Gasteiger partial charge in [0.2, 0.25) is 0 Å².